The lowest BCUT2D eigenvalue weighted by atomic mass is 10.6. The molecule has 0 aliphatic heterocycles. The van der Waals surface area contributed by atoms with Gasteiger partial charge in [0.15, 0.2) is 5.11 Å². The Morgan fingerprint density at radius 3 is 2.64 bits per heavy atom. The van der Waals surface area contributed by atoms with Gasteiger partial charge in [0, 0.05) is 0 Å². The molecule has 0 heterocycles. The van der Waals surface area contributed by atoms with E-state index in [-0.39, 0.29) is 10.9 Å². The first-order valence-electron chi connectivity index (χ1n) is 2.94. The first-order valence-corrected chi connectivity index (χ1v) is 4.93. The lowest BCUT2D eigenvalue weighted by Gasteiger charge is -2.02. The van der Waals surface area contributed by atoms with Gasteiger partial charge in [0.2, 0.25) is 0 Å². The van der Waals surface area contributed by atoms with Crippen LogP contribution in [0.25, 0.3) is 0 Å². The van der Waals surface area contributed by atoms with Crippen LogP contribution in [0.2, 0.25) is 0 Å². The predicted molar refractivity (Wildman–Crippen MR) is 45.1 cm³/mol. The van der Waals surface area contributed by atoms with Crippen molar-refractivity contribution in [3.8, 4) is 0 Å². The Labute approximate surface area is 71.0 Å². The third kappa shape index (κ3) is 6.02. The maximum atomic E-state index is 10.7. The molecule has 0 spiro atoms. The average Bonchev–Trinajstić information content (AvgIpc) is 1.84. The molecule has 66 valence electrons. The van der Waals surface area contributed by atoms with Crippen molar-refractivity contribution < 1.29 is 12.7 Å². The maximum absolute atomic E-state index is 10.7. The van der Waals surface area contributed by atoms with Crippen LogP contribution in [0.15, 0.2) is 0 Å². The van der Waals surface area contributed by atoms with Crippen molar-refractivity contribution in [3.05, 3.63) is 0 Å². The Balaban J connectivity index is 3.84. The molecule has 0 amide bonds. The molecular formula is C4H10N2O3S2. The number of rotatable bonds is 4. The lowest BCUT2D eigenvalue weighted by Crippen LogP contribution is -2.32. The zero-order chi connectivity index (χ0) is 8.91. The van der Waals surface area contributed by atoms with E-state index < -0.39 is 10.1 Å². The van der Waals surface area contributed by atoms with Gasteiger partial charge in [-0.2, -0.15) is 8.42 Å². The van der Waals surface area contributed by atoms with Crippen LogP contribution < -0.4 is 11.2 Å². The summed E-state index contributed by atoms with van der Waals surface area (Å²) in [6, 6.07) is 0. The van der Waals surface area contributed by atoms with E-state index >= 15 is 0 Å². The first-order chi connectivity index (χ1) is 4.98. The van der Waals surface area contributed by atoms with E-state index in [9.17, 15) is 8.42 Å². The van der Waals surface area contributed by atoms with Crippen molar-refractivity contribution in [2.24, 2.45) is 5.73 Å². The van der Waals surface area contributed by atoms with Crippen LogP contribution in [0.1, 0.15) is 13.3 Å². The van der Waals surface area contributed by atoms with Crippen LogP contribution in [-0.4, -0.2) is 19.3 Å². The van der Waals surface area contributed by atoms with Gasteiger partial charge in [-0.15, -0.1) is 4.28 Å². The van der Waals surface area contributed by atoms with Crippen LogP contribution >= 0.6 is 12.2 Å². The monoisotopic (exact) mass is 198 g/mol. The molecule has 0 bridgehead atoms. The molecule has 0 aliphatic carbocycles. The highest BCUT2D eigenvalue weighted by molar-refractivity contribution is 7.86. The van der Waals surface area contributed by atoms with Crippen molar-refractivity contribution in [2.45, 2.75) is 13.3 Å². The average molecular weight is 198 g/mol. The molecule has 0 aromatic heterocycles. The molecule has 0 atom stereocenters. The summed E-state index contributed by atoms with van der Waals surface area (Å²) in [4.78, 5) is 0. The van der Waals surface area contributed by atoms with E-state index in [0.717, 1.165) is 0 Å². The molecule has 11 heavy (non-hydrogen) atoms. The zero-order valence-electron chi connectivity index (χ0n) is 6.03. The van der Waals surface area contributed by atoms with E-state index in [2.05, 4.69) is 16.5 Å². The van der Waals surface area contributed by atoms with Crippen LogP contribution in [0, 0.1) is 0 Å². The topological polar surface area (TPSA) is 81.4 Å². The predicted octanol–water partition coefficient (Wildman–Crippen LogP) is -0.509. The minimum absolute atomic E-state index is 0.0530. The fourth-order valence-electron chi connectivity index (χ4n) is 0.396. The lowest BCUT2D eigenvalue weighted by molar-refractivity contribution is 0.269. The van der Waals surface area contributed by atoms with Gasteiger partial charge in [0.1, 0.15) is 0 Å². The number of hydrogen-bond acceptors (Lipinski definition) is 4. The van der Waals surface area contributed by atoms with Gasteiger partial charge in [0.05, 0.1) is 5.75 Å². The minimum atomic E-state index is -3.51. The Morgan fingerprint density at radius 2 is 2.27 bits per heavy atom. The van der Waals surface area contributed by atoms with Crippen LogP contribution in [0.4, 0.5) is 0 Å². The van der Waals surface area contributed by atoms with Gasteiger partial charge in [-0.25, -0.2) is 5.48 Å². The molecule has 7 heteroatoms. The number of nitrogens with two attached hydrogens (primary N) is 1. The molecule has 3 N–H and O–H groups in total. The summed E-state index contributed by atoms with van der Waals surface area (Å²) in [6.07, 6.45) is 0.487. The van der Waals surface area contributed by atoms with Gasteiger partial charge in [-0.1, -0.05) is 6.92 Å². The second kappa shape index (κ2) is 4.47. The third-order valence-corrected chi connectivity index (χ3v) is 2.05. The van der Waals surface area contributed by atoms with Gasteiger partial charge >= 0.3 is 0 Å². The van der Waals surface area contributed by atoms with Crippen LogP contribution in [0.5, 0.6) is 0 Å². The summed E-state index contributed by atoms with van der Waals surface area (Å²) in [6.45, 7) is 1.72. The second-order valence-electron chi connectivity index (χ2n) is 1.81. The molecule has 0 aromatic carbocycles. The second-order valence-corrected chi connectivity index (χ2v) is 3.94. The molecule has 0 aromatic rings. The van der Waals surface area contributed by atoms with Crippen molar-refractivity contribution in [3.63, 3.8) is 0 Å². The number of nitrogens with one attached hydrogen (secondary N) is 1. The summed E-state index contributed by atoms with van der Waals surface area (Å²) in [5, 5.41) is -0.204. The summed E-state index contributed by atoms with van der Waals surface area (Å²) in [7, 11) is -3.51. The smallest absolute Gasteiger partial charge is 0.287 e. The highest BCUT2D eigenvalue weighted by Crippen LogP contribution is 1.91. The number of hydroxylamine groups is 1. The quantitative estimate of drug-likeness (QED) is 0.468. The number of hydrogen-bond donors (Lipinski definition) is 2. The van der Waals surface area contributed by atoms with Crippen LogP contribution in [0.3, 0.4) is 0 Å². The molecule has 0 saturated carbocycles. The summed E-state index contributed by atoms with van der Waals surface area (Å²) >= 11 is 4.32. The Kier molecular flexibility index (Phi) is 4.31. The van der Waals surface area contributed by atoms with Crippen LogP contribution in [-0.2, 0) is 14.4 Å². The molecular weight excluding hydrogens is 188 g/mol. The van der Waals surface area contributed by atoms with Gasteiger partial charge in [0.25, 0.3) is 10.1 Å². The van der Waals surface area contributed by atoms with Crippen molar-refractivity contribution in [1.82, 2.24) is 5.48 Å². The maximum Gasteiger partial charge on any atom is 0.287 e. The van der Waals surface area contributed by atoms with Gasteiger partial charge < -0.3 is 5.73 Å². The van der Waals surface area contributed by atoms with Gasteiger partial charge in [-0.05, 0) is 18.6 Å². The molecule has 0 saturated heterocycles. The number of thiocarbonyl (C=S) groups is 1. The molecule has 0 radical (unpaired) electrons. The summed E-state index contributed by atoms with van der Waals surface area (Å²) in [5.41, 5.74) is 6.82. The zero-order valence-corrected chi connectivity index (χ0v) is 7.67. The largest absolute Gasteiger partial charge is 0.375 e. The van der Waals surface area contributed by atoms with Crippen molar-refractivity contribution in [1.29, 1.82) is 0 Å². The summed E-state index contributed by atoms with van der Waals surface area (Å²) < 4.78 is 25.7. The third-order valence-electron chi connectivity index (χ3n) is 0.723. The van der Waals surface area contributed by atoms with E-state index in [1.807, 2.05) is 5.48 Å². The highest BCUT2D eigenvalue weighted by atomic mass is 32.2. The fourth-order valence-corrected chi connectivity index (χ4v) is 1.29. The summed E-state index contributed by atoms with van der Waals surface area (Å²) in [5.74, 6) is -0.0530. The SMILES string of the molecule is CCCS(=O)(=O)ONC(N)=S. The van der Waals surface area contributed by atoms with Crippen molar-refractivity contribution >= 4 is 27.4 Å². The fraction of sp³-hybridized carbons (Fsp3) is 0.750. The first kappa shape index (κ1) is 10.6. The van der Waals surface area contributed by atoms with E-state index in [4.69, 9.17) is 5.73 Å². The van der Waals surface area contributed by atoms with E-state index in [1.54, 1.807) is 6.92 Å². The van der Waals surface area contributed by atoms with E-state index in [0.29, 0.717) is 6.42 Å². The van der Waals surface area contributed by atoms with Crippen molar-refractivity contribution in [2.75, 3.05) is 5.75 Å². The van der Waals surface area contributed by atoms with Gasteiger partial charge in [-0.3, -0.25) is 0 Å². The molecule has 0 fully saturated rings. The Bertz CT molecular complexity index is 223. The standard InChI is InChI=1S/C4H10N2O3S2/c1-2-3-11(7,8)9-6-4(5)10/h2-3H2,1H3,(H3,5,6,10). The van der Waals surface area contributed by atoms with E-state index in [1.165, 1.54) is 0 Å². The molecule has 0 aliphatic rings. The Hall–Kier alpha value is -0.400. The minimum Gasteiger partial charge on any atom is -0.375 e. The Morgan fingerprint density at radius 1 is 1.73 bits per heavy atom. The normalized spacial score (nSPS) is 11.0. The molecule has 0 unspecified atom stereocenters. The molecule has 0 rings (SSSR count). The highest BCUT2D eigenvalue weighted by Gasteiger charge is 2.09. The molecule has 5 nitrogen and oxygen atoms in total.